The molecule has 0 radical (unpaired) electrons. The molecule has 2 rings (SSSR count). The van der Waals surface area contributed by atoms with Gasteiger partial charge < -0.3 is 20.1 Å². The Labute approximate surface area is 159 Å². The van der Waals surface area contributed by atoms with Gasteiger partial charge in [-0.05, 0) is 30.4 Å². The van der Waals surface area contributed by atoms with E-state index >= 15 is 0 Å². The van der Waals surface area contributed by atoms with E-state index in [0.29, 0.717) is 24.3 Å². The maximum absolute atomic E-state index is 13.1. The van der Waals surface area contributed by atoms with E-state index in [9.17, 15) is 19.5 Å². The van der Waals surface area contributed by atoms with Crippen molar-refractivity contribution < 1.29 is 24.2 Å². The van der Waals surface area contributed by atoms with Crippen LogP contribution in [0.3, 0.4) is 0 Å². The third-order valence-electron chi connectivity index (χ3n) is 4.89. The molecular weight excluding hydrogens is 348 g/mol. The summed E-state index contributed by atoms with van der Waals surface area (Å²) in [6.07, 6.45) is 0.555. The highest BCUT2D eigenvalue weighted by Gasteiger charge is 2.36. The van der Waals surface area contributed by atoms with Crippen LogP contribution in [0.4, 0.5) is 0 Å². The van der Waals surface area contributed by atoms with E-state index in [1.54, 1.807) is 29.2 Å². The minimum Gasteiger partial charge on any atom is -0.496 e. The van der Waals surface area contributed by atoms with Crippen LogP contribution in [0.15, 0.2) is 24.3 Å². The Morgan fingerprint density at radius 1 is 1.22 bits per heavy atom. The third kappa shape index (κ3) is 4.99. The van der Waals surface area contributed by atoms with Gasteiger partial charge in [-0.1, -0.05) is 32.9 Å². The molecule has 3 atom stereocenters. The average molecular weight is 376 g/mol. The molecule has 7 nitrogen and oxygen atoms in total. The SMILES string of the molecule is COc1ccccc1C(=O)NC(C(=O)N1CC(C)CC(C(=O)O)C1)C(C)C. The maximum atomic E-state index is 13.1. The number of nitrogens with zero attached hydrogens (tertiary/aromatic N) is 1. The lowest BCUT2D eigenvalue weighted by Crippen LogP contribution is -2.55. The number of amides is 2. The predicted molar refractivity (Wildman–Crippen MR) is 101 cm³/mol. The lowest BCUT2D eigenvalue weighted by atomic mass is 9.89. The highest BCUT2D eigenvalue weighted by atomic mass is 16.5. The number of carbonyl (C=O) groups excluding carboxylic acids is 2. The van der Waals surface area contributed by atoms with E-state index in [2.05, 4.69) is 5.32 Å². The molecular formula is C20H28N2O5. The molecule has 2 amide bonds. The summed E-state index contributed by atoms with van der Waals surface area (Å²) in [4.78, 5) is 38.7. The zero-order chi connectivity index (χ0) is 20.1. The Morgan fingerprint density at radius 2 is 1.89 bits per heavy atom. The topological polar surface area (TPSA) is 95.9 Å². The van der Waals surface area contributed by atoms with Crippen LogP contribution in [0.2, 0.25) is 0 Å². The van der Waals surface area contributed by atoms with Crippen LogP contribution in [0.5, 0.6) is 5.75 Å². The number of piperidine rings is 1. The number of rotatable bonds is 6. The minimum atomic E-state index is -0.890. The van der Waals surface area contributed by atoms with Crippen molar-refractivity contribution in [3.8, 4) is 5.75 Å². The molecule has 1 aliphatic rings. The van der Waals surface area contributed by atoms with E-state index in [1.165, 1.54) is 7.11 Å². The molecule has 1 aromatic rings. The number of methoxy groups -OCH3 is 1. The summed E-state index contributed by atoms with van der Waals surface area (Å²) < 4.78 is 5.22. The van der Waals surface area contributed by atoms with Gasteiger partial charge in [-0.25, -0.2) is 0 Å². The van der Waals surface area contributed by atoms with Crippen molar-refractivity contribution in [2.75, 3.05) is 20.2 Å². The van der Waals surface area contributed by atoms with Crippen LogP contribution in [0, 0.1) is 17.8 Å². The molecule has 0 bridgehead atoms. The first-order chi connectivity index (χ1) is 12.7. The van der Waals surface area contributed by atoms with Crippen molar-refractivity contribution in [1.82, 2.24) is 10.2 Å². The predicted octanol–water partition coefficient (Wildman–Crippen LogP) is 2.02. The molecule has 1 aromatic carbocycles. The molecule has 0 saturated carbocycles. The van der Waals surface area contributed by atoms with Crippen LogP contribution < -0.4 is 10.1 Å². The number of hydrogen-bond donors (Lipinski definition) is 2. The smallest absolute Gasteiger partial charge is 0.308 e. The molecule has 1 heterocycles. The van der Waals surface area contributed by atoms with Crippen molar-refractivity contribution in [3.63, 3.8) is 0 Å². The second-order valence-corrected chi connectivity index (χ2v) is 7.51. The number of para-hydroxylation sites is 1. The summed E-state index contributed by atoms with van der Waals surface area (Å²) in [6, 6.07) is 6.08. The van der Waals surface area contributed by atoms with Gasteiger partial charge >= 0.3 is 5.97 Å². The summed E-state index contributed by atoms with van der Waals surface area (Å²) in [5, 5.41) is 12.1. The second-order valence-electron chi connectivity index (χ2n) is 7.51. The standard InChI is InChI=1S/C20H28N2O5/c1-12(2)17(21-18(23)15-7-5-6-8-16(15)27-4)19(24)22-10-13(3)9-14(11-22)20(25)26/h5-8,12-14,17H,9-11H2,1-4H3,(H,21,23)(H,25,26). The number of aliphatic carboxylic acids is 1. The van der Waals surface area contributed by atoms with Gasteiger partial charge in [-0.15, -0.1) is 0 Å². The van der Waals surface area contributed by atoms with E-state index in [-0.39, 0.29) is 30.2 Å². The first-order valence-corrected chi connectivity index (χ1v) is 9.20. The van der Waals surface area contributed by atoms with Gasteiger partial charge in [0.1, 0.15) is 11.8 Å². The Bertz CT molecular complexity index is 703. The van der Waals surface area contributed by atoms with Gasteiger partial charge in [-0.2, -0.15) is 0 Å². The van der Waals surface area contributed by atoms with Gasteiger partial charge in [0.25, 0.3) is 5.91 Å². The van der Waals surface area contributed by atoms with Gasteiger partial charge in [0.2, 0.25) is 5.91 Å². The summed E-state index contributed by atoms with van der Waals surface area (Å²) >= 11 is 0. The van der Waals surface area contributed by atoms with E-state index in [4.69, 9.17) is 4.74 Å². The first kappa shape index (κ1) is 20.7. The van der Waals surface area contributed by atoms with E-state index in [1.807, 2.05) is 20.8 Å². The van der Waals surface area contributed by atoms with Gasteiger partial charge in [0.15, 0.2) is 0 Å². The quantitative estimate of drug-likeness (QED) is 0.792. The molecule has 2 N–H and O–H groups in total. The third-order valence-corrected chi connectivity index (χ3v) is 4.89. The van der Waals surface area contributed by atoms with E-state index < -0.39 is 17.9 Å². The van der Waals surface area contributed by atoms with Crippen molar-refractivity contribution in [2.24, 2.45) is 17.8 Å². The normalized spacial score (nSPS) is 20.9. The minimum absolute atomic E-state index is 0.0986. The molecule has 0 aliphatic carbocycles. The number of benzene rings is 1. The molecule has 0 aromatic heterocycles. The molecule has 7 heteroatoms. The fourth-order valence-electron chi connectivity index (χ4n) is 3.47. The number of hydrogen-bond acceptors (Lipinski definition) is 4. The number of carboxylic acids is 1. The van der Waals surface area contributed by atoms with Crippen LogP contribution in [0.25, 0.3) is 0 Å². The maximum Gasteiger partial charge on any atom is 0.308 e. The number of carboxylic acid groups (broad SMARTS) is 1. The Hall–Kier alpha value is -2.57. The summed E-state index contributed by atoms with van der Waals surface area (Å²) in [5.41, 5.74) is 0.355. The Kier molecular flexibility index (Phi) is 6.82. The highest BCUT2D eigenvalue weighted by molar-refractivity contribution is 5.99. The van der Waals surface area contributed by atoms with Crippen molar-refractivity contribution in [2.45, 2.75) is 33.2 Å². The molecule has 1 aliphatic heterocycles. The van der Waals surface area contributed by atoms with Gasteiger partial charge in [-0.3, -0.25) is 14.4 Å². The molecule has 148 valence electrons. The largest absolute Gasteiger partial charge is 0.496 e. The van der Waals surface area contributed by atoms with Gasteiger partial charge in [0.05, 0.1) is 18.6 Å². The molecule has 27 heavy (non-hydrogen) atoms. The fourth-order valence-corrected chi connectivity index (χ4v) is 3.47. The lowest BCUT2D eigenvalue weighted by molar-refractivity contribution is -0.147. The fraction of sp³-hybridized carbons (Fsp3) is 0.550. The zero-order valence-corrected chi connectivity index (χ0v) is 16.3. The Morgan fingerprint density at radius 3 is 2.48 bits per heavy atom. The zero-order valence-electron chi connectivity index (χ0n) is 16.3. The molecule has 1 saturated heterocycles. The monoisotopic (exact) mass is 376 g/mol. The number of ether oxygens (including phenoxy) is 1. The second kappa shape index (κ2) is 8.88. The number of nitrogens with one attached hydrogen (secondary N) is 1. The highest BCUT2D eigenvalue weighted by Crippen LogP contribution is 2.24. The molecule has 0 spiro atoms. The van der Waals surface area contributed by atoms with Crippen LogP contribution >= 0.6 is 0 Å². The molecule has 3 unspecified atom stereocenters. The van der Waals surface area contributed by atoms with Crippen molar-refractivity contribution in [3.05, 3.63) is 29.8 Å². The first-order valence-electron chi connectivity index (χ1n) is 9.20. The summed E-state index contributed by atoms with van der Waals surface area (Å²) in [5.74, 6) is -1.71. The summed E-state index contributed by atoms with van der Waals surface area (Å²) in [6.45, 7) is 6.32. The van der Waals surface area contributed by atoms with Crippen LogP contribution in [0.1, 0.15) is 37.6 Å². The number of carbonyl (C=O) groups is 3. The van der Waals surface area contributed by atoms with Crippen LogP contribution in [-0.4, -0.2) is 54.0 Å². The van der Waals surface area contributed by atoms with Crippen molar-refractivity contribution in [1.29, 1.82) is 0 Å². The summed E-state index contributed by atoms with van der Waals surface area (Å²) in [7, 11) is 1.48. The average Bonchev–Trinajstić information content (AvgIpc) is 2.64. The van der Waals surface area contributed by atoms with E-state index in [0.717, 1.165) is 0 Å². The van der Waals surface area contributed by atoms with Gasteiger partial charge in [0, 0.05) is 13.1 Å². The van der Waals surface area contributed by atoms with Crippen LogP contribution in [-0.2, 0) is 9.59 Å². The Balaban J connectivity index is 2.17. The lowest BCUT2D eigenvalue weighted by Gasteiger charge is -2.37. The molecule has 1 fully saturated rings. The van der Waals surface area contributed by atoms with Crippen molar-refractivity contribution >= 4 is 17.8 Å². The number of likely N-dealkylation sites (tertiary alicyclic amines) is 1.